The van der Waals surface area contributed by atoms with Crippen LogP contribution < -0.4 is 0 Å². The van der Waals surface area contributed by atoms with Crippen LogP contribution in [0, 0.1) is 0 Å². The molecule has 0 saturated carbocycles. The van der Waals surface area contributed by atoms with E-state index in [2.05, 4.69) is 10.1 Å². The second kappa shape index (κ2) is 6.76. The van der Waals surface area contributed by atoms with E-state index in [1.165, 1.54) is 5.56 Å². The SMILES string of the molecule is Clc1ccc(CCCCCn2cncn2)c(Cl)c1. The zero-order valence-electron chi connectivity index (χ0n) is 10.0. The lowest BCUT2D eigenvalue weighted by atomic mass is 10.1. The first-order chi connectivity index (χ1) is 8.75. The number of benzene rings is 1. The summed E-state index contributed by atoms with van der Waals surface area (Å²) >= 11 is 12.0. The van der Waals surface area contributed by atoms with E-state index in [-0.39, 0.29) is 0 Å². The van der Waals surface area contributed by atoms with E-state index in [4.69, 9.17) is 23.2 Å². The molecule has 0 aliphatic carbocycles. The molecule has 0 bridgehead atoms. The van der Waals surface area contributed by atoms with Gasteiger partial charge in [0.25, 0.3) is 0 Å². The van der Waals surface area contributed by atoms with Crippen molar-refractivity contribution in [1.29, 1.82) is 0 Å². The van der Waals surface area contributed by atoms with E-state index in [0.29, 0.717) is 5.02 Å². The minimum absolute atomic E-state index is 0.690. The van der Waals surface area contributed by atoms with Gasteiger partial charge >= 0.3 is 0 Å². The third-order valence-corrected chi connectivity index (χ3v) is 3.40. The maximum Gasteiger partial charge on any atom is 0.137 e. The van der Waals surface area contributed by atoms with Crippen molar-refractivity contribution in [3.63, 3.8) is 0 Å². The Kier molecular flexibility index (Phi) is 5.02. The highest BCUT2D eigenvalue weighted by molar-refractivity contribution is 6.35. The smallest absolute Gasteiger partial charge is 0.137 e. The molecule has 2 rings (SSSR count). The summed E-state index contributed by atoms with van der Waals surface area (Å²) in [5, 5.41) is 5.52. The van der Waals surface area contributed by atoms with Crippen LogP contribution in [0.25, 0.3) is 0 Å². The first-order valence-electron chi connectivity index (χ1n) is 6.02. The van der Waals surface area contributed by atoms with E-state index in [1.807, 2.05) is 16.8 Å². The Morgan fingerprint density at radius 3 is 2.72 bits per heavy atom. The van der Waals surface area contributed by atoms with Gasteiger partial charge in [0.05, 0.1) is 0 Å². The predicted molar refractivity (Wildman–Crippen MR) is 74.0 cm³/mol. The Morgan fingerprint density at radius 1 is 1.11 bits per heavy atom. The van der Waals surface area contributed by atoms with Gasteiger partial charge in [-0.3, -0.25) is 4.68 Å². The number of hydrogen-bond donors (Lipinski definition) is 0. The van der Waals surface area contributed by atoms with Crippen LogP contribution >= 0.6 is 23.2 Å². The number of halogens is 2. The van der Waals surface area contributed by atoms with Crippen LogP contribution in [0.2, 0.25) is 10.0 Å². The molecular weight excluding hydrogens is 269 g/mol. The molecule has 1 heterocycles. The zero-order valence-corrected chi connectivity index (χ0v) is 11.5. The molecule has 3 nitrogen and oxygen atoms in total. The van der Waals surface area contributed by atoms with Gasteiger partial charge in [-0.2, -0.15) is 5.10 Å². The van der Waals surface area contributed by atoms with E-state index >= 15 is 0 Å². The monoisotopic (exact) mass is 283 g/mol. The summed E-state index contributed by atoms with van der Waals surface area (Å²) in [5.74, 6) is 0. The largest absolute Gasteiger partial charge is 0.253 e. The Labute approximate surface area is 117 Å². The van der Waals surface area contributed by atoms with Gasteiger partial charge in [0.15, 0.2) is 0 Å². The van der Waals surface area contributed by atoms with Gasteiger partial charge in [-0.05, 0) is 37.0 Å². The fourth-order valence-electron chi connectivity index (χ4n) is 1.84. The zero-order chi connectivity index (χ0) is 12.8. The molecule has 0 aliphatic heterocycles. The molecule has 0 aliphatic rings. The number of hydrogen-bond acceptors (Lipinski definition) is 2. The number of aromatic nitrogens is 3. The lowest BCUT2D eigenvalue weighted by Gasteiger charge is -2.05. The summed E-state index contributed by atoms with van der Waals surface area (Å²) < 4.78 is 1.86. The summed E-state index contributed by atoms with van der Waals surface area (Å²) in [6.45, 7) is 0.925. The van der Waals surface area contributed by atoms with Crippen molar-refractivity contribution < 1.29 is 0 Å². The number of aryl methyl sites for hydroxylation is 2. The first kappa shape index (κ1) is 13.4. The Bertz CT molecular complexity index is 483. The summed E-state index contributed by atoms with van der Waals surface area (Å²) in [7, 11) is 0. The summed E-state index contributed by atoms with van der Waals surface area (Å²) in [6, 6.07) is 5.69. The van der Waals surface area contributed by atoms with Gasteiger partial charge in [-0.1, -0.05) is 35.7 Å². The highest BCUT2D eigenvalue weighted by atomic mass is 35.5. The van der Waals surface area contributed by atoms with Crippen LogP contribution in [0.3, 0.4) is 0 Å². The van der Waals surface area contributed by atoms with Crippen LogP contribution in [0.5, 0.6) is 0 Å². The topological polar surface area (TPSA) is 30.7 Å². The third kappa shape index (κ3) is 4.00. The van der Waals surface area contributed by atoms with Crippen molar-refractivity contribution in [1.82, 2.24) is 14.8 Å². The molecule has 2 aromatic rings. The van der Waals surface area contributed by atoms with Gasteiger partial charge in [0.2, 0.25) is 0 Å². The van der Waals surface area contributed by atoms with Crippen molar-refractivity contribution >= 4 is 23.2 Å². The van der Waals surface area contributed by atoms with Gasteiger partial charge < -0.3 is 0 Å². The van der Waals surface area contributed by atoms with Crippen LogP contribution in [0.4, 0.5) is 0 Å². The van der Waals surface area contributed by atoms with Crippen molar-refractivity contribution in [3.05, 3.63) is 46.5 Å². The number of nitrogens with zero attached hydrogens (tertiary/aromatic N) is 3. The fraction of sp³-hybridized carbons (Fsp3) is 0.385. The molecule has 0 fully saturated rings. The maximum absolute atomic E-state index is 6.12. The van der Waals surface area contributed by atoms with Gasteiger partial charge in [0, 0.05) is 16.6 Å². The van der Waals surface area contributed by atoms with E-state index in [9.17, 15) is 0 Å². The van der Waals surface area contributed by atoms with E-state index in [0.717, 1.165) is 37.3 Å². The summed E-state index contributed by atoms with van der Waals surface area (Å²) in [5.41, 5.74) is 1.17. The van der Waals surface area contributed by atoms with Crippen molar-refractivity contribution in [2.24, 2.45) is 0 Å². The number of rotatable bonds is 6. The highest BCUT2D eigenvalue weighted by Crippen LogP contribution is 2.22. The van der Waals surface area contributed by atoms with Crippen molar-refractivity contribution in [2.75, 3.05) is 0 Å². The Morgan fingerprint density at radius 2 is 2.00 bits per heavy atom. The fourth-order valence-corrected chi connectivity index (χ4v) is 2.34. The summed E-state index contributed by atoms with van der Waals surface area (Å²) in [6.07, 6.45) is 7.68. The van der Waals surface area contributed by atoms with Crippen LogP contribution in [-0.4, -0.2) is 14.8 Å². The van der Waals surface area contributed by atoms with Crippen molar-refractivity contribution in [3.8, 4) is 0 Å². The molecular formula is C13H15Cl2N3. The Balaban J connectivity index is 1.69. The van der Waals surface area contributed by atoms with Crippen LogP contribution in [0.1, 0.15) is 24.8 Å². The predicted octanol–water partition coefficient (Wildman–Crippen LogP) is 4.00. The van der Waals surface area contributed by atoms with Crippen molar-refractivity contribution in [2.45, 2.75) is 32.2 Å². The van der Waals surface area contributed by atoms with Gasteiger partial charge in [0.1, 0.15) is 12.7 Å². The molecule has 0 N–H and O–H groups in total. The second-order valence-corrected chi connectivity index (χ2v) is 5.05. The molecule has 5 heteroatoms. The lowest BCUT2D eigenvalue weighted by molar-refractivity contribution is 0.543. The molecule has 0 saturated heterocycles. The lowest BCUT2D eigenvalue weighted by Crippen LogP contribution is -1.98. The minimum Gasteiger partial charge on any atom is -0.253 e. The molecule has 0 spiro atoms. The van der Waals surface area contributed by atoms with E-state index in [1.54, 1.807) is 18.7 Å². The number of unbranched alkanes of at least 4 members (excludes halogenated alkanes) is 2. The second-order valence-electron chi connectivity index (χ2n) is 4.20. The Hall–Kier alpha value is -1.06. The molecule has 0 amide bonds. The van der Waals surface area contributed by atoms with E-state index < -0.39 is 0 Å². The average molecular weight is 284 g/mol. The molecule has 1 aromatic carbocycles. The molecule has 96 valence electrons. The summed E-state index contributed by atoms with van der Waals surface area (Å²) in [4.78, 5) is 3.91. The quantitative estimate of drug-likeness (QED) is 0.751. The first-order valence-corrected chi connectivity index (χ1v) is 6.77. The molecule has 1 aromatic heterocycles. The molecule has 0 unspecified atom stereocenters. The minimum atomic E-state index is 0.690. The van der Waals surface area contributed by atoms with Gasteiger partial charge in [-0.25, -0.2) is 4.98 Å². The van der Waals surface area contributed by atoms with Gasteiger partial charge in [-0.15, -0.1) is 0 Å². The maximum atomic E-state index is 6.12. The van der Waals surface area contributed by atoms with Crippen LogP contribution in [0.15, 0.2) is 30.9 Å². The normalized spacial score (nSPS) is 10.8. The molecule has 18 heavy (non-hydrogen) atoms. The molecule has 0 atom stereocenters. The third-order valence-electron chi connectivity index (χ3n) is 2.82. The standard InChI is InChI=1S/C13H15Cl2N3/c14-12-6-5-11(13(15)8-12)4-2-1-3-7-18-10-16-9-17-18/h5-6,8-10H,1-4,7H2. The van der Waals surface area contributed by atoms with Crippen LogP contribution in [-0.2, 0) is 13.0 Å². The molecule has 0 radical (unpaired) electrons. The highest BCUT2D eigenvalue weighted by Gasteiger charge is 2.01. The average Bonchev–Trinajstić information content (AvgIpc) is 2.84.